The summed E-state index contributed by atoms with van der Waals surface area (Å²) >= 11 is 0. The van der Waals surface area contributed by atoms with Gasteiger partial charge in [-0.15, -0.1) is 0 Å². The molecule has 5 nitrogen and oxygen atoms in total. The first-order valence-corrected chi connectivity index (χ1v) is 5.99. The summed E-state index contributed by atoms with van der Waals surface area (Å²) < 4.78 is 0. The molecule has 0 amide bonds. The lowest BCUT2D eigenvalue weighted by atomic mass is 10.0. The molecule has 1 aromatic rings. The summed E-state index contributed by atoms with van der Waals surface area (Å²) in [7, 11) is 3.51. The Hall–Kier alpha value is -2.04. The van der Waals surface area contributed by atoms with Crippen molar-refractivity contribution in [3.63, 3.8) is 0 Å². The molecule has 1 aromatic carbocycles. The van der Waals surface area contributed by atoms with Gasteiger partial charge in [-0.1, -0.05) is 37.3 Å². The molecule has 1 unspecified atom stereocenters. The van der Waals surface area contributed by atoms with Crippen LogP contribution >= 0.6 is 0 Å². The van der Waals surface area contributed by atoms with Gasteiger partial charge in [-0.25, -0.2) is 0 Å². The van der Waals surface area contributed by atoms with Crippen molar-refractivity contribution in [1.82, 2.24) is 15.5 Å². The fourth-order valence-corrected chi connectivity index (χ4v) is 1.83. The average molecular weight is 247 g/mol. The van der Waals surface area contributed by atoms with Crippen molar-refractivity contribution in [1.29, 1.82) is 10.8 Å². The van der Waals surface area contributed by atoms with E-state index in [1.807, 2.05) is 30.1 Å². The van der Waals surface area contributed by atoms with Crippen LogP contribution < -0.4 is 10.6 Å². The lowest BCUT2D eigenvalue weighted by Gasteiger charge is -2.30. The molecule has 0 spiro atoms. The molecule has 5 heteroatoms. The standard InChI is InChI=1S/C13H21N5/c1-4-11(10-8-6-5-7-9-10)18(3)13(15)17-12(14)16-2/h5-9,11H,4H2,1-3H3,(H4,14,15,16,17). The summed E-state index contributed by atoms with van der Waals surface area (Å²) in [5.41, 5.74) is 1.17. The van der Waals surface area contributed by atoms with Gasteiger partial charge in [0.1, 0.15) is 0 Å². The maximum Gasteiger partial charge on any atom is 0.198 e. The number of benzene rings is 1. The molecule has 0 fully saturated rings. The third-order valence-electron chi connectivity index (χ3n) is 2.88. The zero-order chi connectivity index (χ0) is 13.5. The van der Waals surface area contributed by atoms with Crippen LogP contribution in [0.15, 0.2) is 30.3 Å². The summed E-state index contributed by atoms with van der Waals surface area (Å²) in [5.74, 6) is 0.333. The van der Waals surface area contributed by atoms with Crippen LogP contribution in [0.1, 0.15) is 24.9 Å². The number of nitrogens with zero attached hydrogens (tertiary/aromatic N) is 1. The molecule has 0 heterocycles. The van der Waals surface area contributed by atoms with Crippen LogP contribution in [0.5, 0.6) is 0 Å². The number of hydrogen-bond acceptors (Lipinski definition) is 2. The second-order valence-corrected chi connectivity index (χ2v) is 4.04. The Morgan fingerprint density at radius 1 is 1.28 bits per heavy atom. The summed E-state index contributed by atoms with van der Waals surface area (Å²) in [6.45, 7) is 2.09. The number of hydrogen-bond donors (Lipinski definition) is 4. The monoisotopic (exact) mass is 247 g/mol. The second kappa shape index (κ2) is 6.64. The Morgan fingerprint density at radius 3 is 2.39 bits per heavy atom. The first kappa shape index (κ1) is 14.0. The van der Waals surface area contributed by atoms with Crippen LogP contribution in [0, 0.1) is 10.8 Å². The van der Waals surface area contributed by atoms with Crippen LogP contribution in [0.3, 0.4) is 0 Å². The van der Waals surface area contributed by atoms with Gasteiger partial charge >= 0.3 is 0 Å². The molecular weight excluding hydrogens is 226 g/mol. The van der Waals surface area contributed by atoms with E-state index in [1.165, 1.54) is 5.56 Å². The van der Waals surface area contributed by atoms with E-state index in [9.17, 15) is 0 Å². The SMILES string of the molecule is CCC(c1ccccc1)N(C)C(=N)NC(=N)NC. The first-order valence-electron chi connectivity index (χ1n) is 5.99. The lowest BCUT2D eigenvalue weighted by Crippen LogP contribution is -2.46. The van der Waals surface area contributed by atoms with Crippen molar-refractivity contribution in [3.05, 3.63) is 35.9 Å². The Bertz CT molecular complexity index is 401. The van der Waals surface area contributed by atoms with Gasteiger partial charge in [0.05, 0.1) is 6.04 Å². The fourth-order valence-electron chi connectivity index (χ4n) is 1.83. The third kappa shape index (κ3) is 3.48. The van der Waals surface area contributed by atoms with E-state index in [4.69, 9.17) is 10.8 Å². The van der Waals surface area contributed by atoms with Crippen molar-refractivity contribution >= 4 is 11.9 Å². The smallest absolute Gasteiger partial charge is 0.198 e. The topological polar surface area (TPSA) is 75.0 Å². The van der Waals surface area contributed by atoms with E-state index >= 15 is 0 Å². The summed E-state index contributed by atoms with van der Waals surface area (Å²) in [6.07, 6.45) is 0.900. The molecule has 0 saturated heterocycles. The highest BCUT2D eigenvalue weighted by Crippen LogP contribution is 2.22. The van der Waals surface area contributed by atoms with Crippen LogP contribution in [0.4, 0.5) is 0 Å². The van der Waals surface area contributed by atoms with Crippen LogP contribution in [0.2, 0.25) is 0 Å². The highest BCUT2D eigenvalue weighted by atomic mass is 15.3. The summed E-state index contributed by atoms with van der Waals surface area (Å²) in [5, 5.41) is 20.8. The molecule has 1 atom stereocenters. The molecule has 0 aliphatic heterocycles. The van der Waals surface area contributed by atoms with Gasteiger partial charge in [-0.3, -0.25) is 16.1 Å². The number of nitrogens with one attached hydrogen (secondary N) is 4. The minimum Gasteiger partial charge on any atom is -0.359 e. The van der Waals surface area contributed by atoms with Crippen molar-refractivity contribution in [3.8, 4) is 0 Å². The zero-order valence-electron chi connectivity index (χ0n) is 11.1. The van der Waals surface area contributed by atoms with Crippen molar-refractivity contribution < 1.29 is 0 Å². The van der Waals surface area contributed by atoms with E-state index in [0.29, 0.717) is 0 Å². The Kier molecular flexibility index (Phi) is 5.17. The van der Waals surface area contributed by atoms with E-state index in [0.717, 1.165) is 6.42 Å². The average Bonchev–Trinajstić information content (AvgIpc) is 2.40. The fraction of sp³-hybridized carbons (Fsp3) is 0.385. The van der Waals surface area contributed by atoms with Gasteiger partial charge in [0.25, 0.3) is 0 Å². The molecule has 0 saturated carbocycles. The predicted octanol–water partition coefficient (Wildman–Crippen LogP) is 1.75. The van der Waals surface area contributed by atoms with Crippen molar-refractivity contribution in [2.75, 3.05) is 14.1 Å². The normalized spacial score (nSPS) is 11.5. The molecular formula is C13H21N5. The summed E-state index contributed by atoms with van der Waals surface area (Å²) in [6, 6.07) is 10.2. The maximum absolute atomic E-state index is 7.95. The Balaban J connectivity index is 2.77. The van der Waals surface area contributed by atoms with Crippen LogP contribution in [0.25, 0.3) is 0 Å². The molecule has 1 rings (SSSR count). The van der Waals surface area contributed by atoms with Gasteiger partial charge in [0.2, 0.25) is 0 Å². The van der Waals surface area contributed by atoms with Gasteiger partial charge in [-0.2, -0.15) is 0 Å². The van der Waals surface area contributed by atoms with Gasteiger partial charge in [-0.05, 0) is 12.0 Å². The molecule has 18 heavy (non-hydrogen) atoms. The number of rotatable bonds is 3. The first-order chi connectivity index (χ1) is 8.60. The molecule has 0 aliphatic carbocycles. The molecule has 98 valence electrons. The molecule has 0 radical (unpaired) electrons. The highest BCUT2D eigenvalue weighted by Gasteiger charge is 2.17. The highest BCUT2D eigenvalue weighted by molar-refractivity contribution is 5.95. The van der Waals surface area contributed by atoms with Crippen LogP contribution in [-0.2, 0) is 0 Å². The van der Waals surface area contributed by atoms with E-state index in [1.54, 1.807) is 7.05 Å². The zero-order valence-corrected chi connectivity index (χ0v) is 11.1. The van der Waals surface area contributed by atoms with E-state index < -0.39 is 0 Å². The molecule has 0 aliphatic rings. The Labute approximate surface area is 108 Å². The molecule has 0 aromatic heterocycles. The lowest BCUT2D eigenvalue weighted by molar-refractivity contribution is 0.355. The number of guanidine groups is 2. The predicted molar refractivity (Wildman–Crippen MR) is 74.9 cm³/mol. The van der Waals surface area contributed by atoms with Crippen molar-refractivity contribution in [2.24, 2.45) is 0 Å². The maximum atomic E-state index is 7.95. The van der Waals surface area contributed by atoms with Gasteiger partial charge in [0.15, 0.2) is 11.9 Å². The minimum atomic E-state index is 0.120. The van der Waals surface area contributed by atoms with Gasteiger partial charge in [0, 0.05) is 14.1 Å². The minimum absolute atomic E-state index is 0.120. The summed E-state index contributed by atoms with van der Waals surface area (Å²) in [4.78, 5) is 1.83. The van der Waals surface area contributed by atoms with Crippen LogP contribution in [-0.4, -0.2) is 30.9 Å². The van der Waals surface area contributed by atoms with Gasteiger partial charge < -0.3 is 10.2 Å². The molecule has 0 bridgehead atoms. The van der Waals surface area contributed by atoms with E-state index in [2.05, 4.69) is 29.7 Å². The third-order valence-corrected chi connectivity index (χ3v) is 2.88. The largest absolute Gasteiger partial charge is 0.359 e. The second-order valence-electron chi connectivity index (χ2n) is 4.04. The van der Waals surface area contributed by atoms with Crippen molar-refractivity contribution in [2.45, 2.75) is 19.4 Å². The van der Waals surface area contributed by atoms with E-state index in [-0.39, 0.29) is 18.0 Å². The quantitative estimate of drug-likeness (QED) is 0.485. The Morgan fingerprint density at radius 2 is 1.89 bits per heavy atom. The molecule has 4 N–H and O–H groups in total.